The SMILES string of the molecule is Br.C1[C-]2CC3CC1CC(C2)C3.[Mg+2].[c-]1ccc(OCc2ccccc2)cc1. The first-order valence-corrected chi connectivity index (χ1v) is 9.31. The largest absolute Gasteiger partial charge is 2.00 e. The van der Waals surface area contributed by atoms with E-state index in [4.69, 9.17) is 4.74 Å². The topological polar surface area (TPSA) is 9.23 Å². The third-order valence-corrected chi connectivity index (χ3v) is 5.67. The fourth-order valence-electron chi connectivity index (χ4n) is 4.89. The molecule has 0 saturated heterocycles. The maximum Gasteiger partial charge on any atom is 2.00 e. The summed E-state index contributed by atoms with van der Waals surface area (Å²) in [6.07, 6.45) is 9.31. The van der Waals surface area contributed by atoms with Gasteiger partial charge in [0.25, 0.3) is 0 Å². The fraction of sp³-hybridized carbons (Fsp3) is 0.435. The van der Waals surface area contributed by atoms with Crippen LogP contribution in [0.1, 0.15) is 44.1 Å². The summed E-state index contributed by atoms with van der Waals surface area (Å²) in [5.41, 5.74) is 1.18. The van der Waals surface area contributed by atoms with Gasteiger partial charge in [-0.25, -0.2) is 0 Å². The van der Waals surface area contributed by atoms with Crippen LogP contribution in [-0.2, 0) is 6.61 Å². The minimum atomic E-state index is 0. The molecule has 4 saturated carbocycles. The molecule has 0 atom stereocenters. The van der Waals surface area contributed by atoms with E-state index in [9.17, 15) is 0 Å². The summed E-state index contributed by atoms with van der Waals surface area (Å²) in [4.78, 5) is 0. The Morgan fingerprint density at radius 2 is 1.38 bits per heavy atom. The summed E-state index contributed by atoms with van der Waals surface area (Å²) in [5, 5.41) is 0. The van der Waals surface area contributed by atoms with Gasteiger partial charge in [-0.3, -0.25) is 0 Å². The van der Waals surface area contributed by atoms with Crippen molar-refractivity contribution in [3.63, 3.8) is 0 Å². The van der Waals surface area contributed by atoms with Crippen LogP contribution in [0.25, 0.3) is 0 Å². The zero-order chi connectivity index (χ0) is 16.2. The van der Waals surface area contributed by atoms with Gasteiger partial charge in [0.15, 0.2) is 0 Å². The molecular weight excluding hydrogens is 396 g/mol. The maximum absolute atomic E-state index is 5.57. The third-order valence-electron chi connectivity index (χ3n) is 5.67. The van der Waals surface area contributed by atoms with Crippen molar-refractivity contribution in [1.82, 2.24) is 0 Å². The average Bonchev–Trinajstić information content (AvgIpc) is 2.61. The second kappa shape index (κ2) is 10.7. The summed E-state index contributed by atoms with van der Waals surface area (Å²) in [6.45, 7) is 0.616. The van der Waals surface area contributed by atoms with Crippen molar-refractivity contribution < 1.29 is 4.74 Å². The first-order valence-electron chi connectivity index (χ1n) is 9.31. The molecule has 4 bridgehead atoms. The molecule has 2 aromatic carbocycles. The smallest absolute Gasteiger partial charge is 0.514 e. The van der Waals surface area contributed by atoms with Crippen LogP contribution in [0.4, 0.5) is 0 Å². The molecule has 6 rings (SSSR count). The number of hydrogen-bond donors (Lipinski definition) is 0. The Bertz CT molecular complexity index is 535. The first-order chi connectivity index (χ1) is 11.8. The van der Waals surface area contributed by atoms with Crippen LogP contribution in [-0.4, -0.2) is 23.1 Å². The van der Waals surface area contributed by atoms with Crippen LogP contribution in [0.15, 0.2) is 54.6 Å². The van der Waals surface area contributed by atoms with E-state index in [1.807, 2.05) is 48.4 Å². The van der Waals surface area contributed by atoms with E-state index in [0.29, 0.717) is 6.61 Å². The van der Waals surface area contributed by atoms with Crippen molar-refractivity contribution >= 4 is 40.0 Å². The summed E-state index contributed by atoms with van der Waals surface area (Å²) >= 11 is 0. The summed E-state index contributed by atoms with van der Waals surface area (Å²) < 4.78 is 5.57. The predicted molar refractivity (Wildman–Crippen MR) is 114 cm³/mol. The van der Waals surface area contributed by atoms with E-state index in [1.165, 1.54) is 24.8 Å². The van der Waals surface area contributed by atoms with Crippen LogP contribution < -0.4 is 4.74 Å². The molecule has 4 fully saturated rings. The van der Waals surface area contributed by atoms with Crippen LogP contribution in [0.5, 0.6) is 5.75 Å². The molecule has 0 N–H and O–H groups in total. The fourth-order valence-corrected chi connectivity index (χ4v) is 4.89. The Morgan fingerprint density at radius 1 is 0.846 bits per heavy atom. The molecule has 0 radical (unpaired) electrons. The van der Waals surface area contributed by atoms with Gasteiger partial charge in [0.1, 0.15) is 6.61 Å². The summed E-state index contributed by atoms with van der Waals surface area (Å²) in [6, 6.07) is 20.6. The van der Waals surface area contributed by atoms with E-state index in [2.05, 4.69) is 18.2 Å². The van der Waals surface area contributed by atoms with Crippen molar-refractivity contribution in [3.8, 4) is 5.75 Å². The quantitative estimate of drug-likeness (QED) is 0.431. The molecule has 0 amide bonds. The van der Waals surface area contributed by atoms with Crippen LogP contribution in [0, 0.1) is 29.7 Å². The second-order valence-corrected chi connectivity index (χ2v) is 7.68. The van der Waals surface area contributed by atoms with Gasteiger partial charge in [-0.05, 0) is 5.56 Å². The second-order valence-electron chi connectivity index (χ2n) is 7.68. The van der Waals surface area contributed by atoms with Crippen molar-refractivity contribution in [2.75, 3.05) is 0 Å². The molecular formula is C23H27BrMgO. The molecule has 4 aliphatic carbocycles. The minimum Gasteiger partial charge on any atom is -0.514 e. The maximum atomic E-state index is 5.57. The van der Waals surface area contributed by atoms with E-state index in [-0.39, 0.29) is 40.0 Å². The molecule has 3 heteroatoms. The van der Waals surface area contributed by atoms with Gasteiger partial charge in [-0.15, -0.1) is 29.1 Å². The Hall–Kier alpha value is -0.514. The Kier molecular flexibility index (Phi) is 8.99. The molecule has 0 aliphatic heterocycles. The summed E-state index contributed by atoms with van der Waals surface area (Å²) in [5.74, 6) is 6.24. The molecule has 0 spiro atoms. The van der Waals surface area contributed by atoms with Gasteiger partial charge >= 0.3 is 23.1 Å². The summed E-state index contributed by atoms with van der Waals surface area (Å²) in [7, 11) is 0. The van der Waals surface area contributed by atoms with E-state index < -0.39 is 0 Å². The molecule has 4 aliphatic rings. The van der Waals surface area contributed by atoms with Crippen LogP contribution >= 0.6 is 17.0 Å². The van der Waals surface area contributed by atoms with Gasteiger partial charge in [0.2, 0.25) is 0 Å². The van der Waals surface area contributed by atoms with Gasteiger partial charge in [-0.1, -0.05) is 67.3 Å². The average molecular weight is 424 g/mol. The van der Waals surface area contributed by atoms with E-state index in [0.717, 1.165) is 23.5 Å². The van der Waals surface area contributed by atoms with Crippen molar-refractivity contribution in [2.24, 2.45) is 17.8 Å². The van der Waals surface area contributed by atoms with Crippen molar-refractivity contribution in [1.29, 1.82) is 0 Å². The zero-order valence-corrected chi connectivity index (χ0v) is 18.5. The standard InChI is InChI=1S/C13H11O.C10H15.BrH.Mg/c1-3-7-12(8-4-1)11-14-13-9-5-2-6-10-13;1-7-2-9-4-8(1)5-10(3-7)6-9;;/h1,3-10H,11H2;7-9H,1-6H2;1H;/q2*-1;;+2. The number of benzene rings is 2. The molecule has 0 unspecified atom stereocenters. The zero-order valence-electron chi connectivity index (χ0n) is 15.4. The predicted octanol–water partition coefficient (Wildman–Crippen LogP) is 6.05. The molecule has 26 heavy (non-hydrogen) atoms. The molecule has 0 aromatic heterocycles. The first kappa shape index (κ1) is 21.8. The molecule has 1 nitrogen and oxygen atoms in total. The normalized spacial score (nSPS) is 25.3. The van der Waals surface area contributed by atoms with E-state index >= 15 is 0 Å². The van der Waals surface area contributed by atoms with Crippen molar-refractivity contribution in [3.05, 3.63) is 72.1 Å². The molecule has 134 valence electrons. The third kappa shape index (κ3) is 6.00. The number of ether oxygens (including phenoxy) is 1. The Balaban J connectivity index is 0.000000180. The molecule has 2 aromatic rings. The monoisotopic (exact) mass is 422 g/mol. The van der Waals surface area contributed by atoms with Crippen LogP contribution in [0.3, 0.4) is 0 Å². The van der Waals surface area contributed by atoms with Gasteiger partial charge in [-0.2, -0.15) is 37.5 Å². The number of hydrogen-bond acceptors (Lipinski definition) is 1. The number of halogens is 1. The van der Waals surface area contributed by atoms with Crippen molar-refractivity contribution in [2.45, 2.75) is 45.1 Å². The Morgan fingerprint density at radius 3 is 1.88 bits per heavy atom. The minimum absolute atomic E-state index is 0. The van der Waals surface area contributed by atoms with Gasteiger partial charge < -0.3 is 10.7 Å². The Labute approximate surface area is 184 Å². The van der Waals surface area contributed by atoms with Gasteiger partial charge in [0, 0.05) is 5.75 Å². The number of rotatable bonds is 3. The molecule has 0 heterocycles. The van der Waals surface area contributed by atoms with Gasteiger partial charge in [0.05, 0.1) is 0 Å². The van der Waals surface area contributed by atoms with Crippen LogP contribution in [0.2, 0.25) is 0 Å². The van der Waals surface area contributed by atoms with E-state index in [1.54, 1.807) is 19.3 Å².